The van der Waals surface area contributed by atoms with Crippen LogP contribution in [0.4, 0.5) is 11.8 Å². The van der Waals surface area contributed by atoms with Crippen LogP contribution < -0.4 is 26.4 Å². The Kier molecular flexibility index (Phi) is 3.38. The van der Waals surface area contributed by atoms with Gasteiger partial charge in [0.2, 0.25) is 5.95 Å². The van der Waals surface area contributed by atoms with Crippen LogP contribution in [0.3, 0.4) is 0 Å². The minimum atomic E-state index is 0.525. The lowest BCUT2D eigenvalue weighted by Gasteiger charge is -2.48. The quantitative estimate of drug-likeness (QED) is 0.629. The normalized spacial score (nSPS) is 38.8. The molecule has 0 amide bonds. The molecular weight excluding hydrogens is 290 g/mol. The second-order valence-electron chi connectivity index (χ2n) is 7.49. The topological polar surface area (TPSA) is 77.1 Å². The van der Waals surface area contributed by atoms with Crippen molar-refractivity contribution in [1.82, 2.24) is 26.1 Å². The molecule has 0 aromatic carbocycles. The summed E-state index contributed by atoms with van der Waals surface area (Å²) in [5.74, 6) is 2.59. The maximum atomic E-state index is 4.78. The summed E-state index contributed by atoms with van der Waals surface area (Å²) >= 11 is 0. The van der Waals surface area contributed by atoms with Gasteiger partial charge >= 0.3 is 0 Å². The molecule has 5 fully saturated rings. The number of hydrazine groups is 1. The van der Waals surface area contributed by atoms with Crippen LogP contribution >= 0.6 is 0 Å². The molecule has 5 unspecified atom stereocenters. The number of hydrogen-bond donors (Lipinski definition) is 4. The zero-order chi connectivity index (χ0) is 15.2. The average Bonchev–Trinajstić information content (AvgIpc) is 3.02. The molecule has 5 heterocycles. The van der Waals surface area contributed by atoms with E-state index in [0.717, 1.165) is 37.3 Å². The second-order valence-corrected chi connectivity index (χ2v) is 7.49. The van der Waals surface area contributed by atoms with Gasteiger partial charge in [-0.15, -0.1) is 0 Å². The summed E-state index contributed by atoms with van der Waals surface area (Å²) in [5.41, 5.74) is 6.68. The van der Waals surface area contributed by atoms with Crippen LogP contribution in [0.25, 0.3) is 0 Å². The Morgan fingerprint density at radius 3 is 2.91 bits per heavy atom. The molecule has 1 saturated carbocycles. The zero-order valence-electron chi connectivity index (χ0n) is 13.3. The van der Waals surface area contributed by atoms with Gasteiger partial charge in [-0.25, -0.2) is 4.98 Å². The molecule has 7 heteroatoms. The summed E-state index contributed by atoms with van der Waals surface area (Å²) in [4.78, 5) is 11.6. The summed E-state index contributed by atoms with van der Waals surface area (Å²) in [6.45, 7) is 3.15. The molecule has 4 saturated heterocycles. The molecule has 5 atom stereocenters. The van der Waals surface area contributed by atoms with Gasteiger partial charge in [0.25, 0.3) is 0 Å². The van der Waals surface area contributed by atoms with Gasteiger partial charge in [0.15, 0.2) is 0 Å². The van der Waals surface area contributed by atoms with Crippen LogP contribution in [-0.2, 0) is 0 Å². The van der Waals surface area contributed by atoms with Gasteiger partial charge in [0, 0.05) is 50.0 Å². The molecule has 4 aliphatic heterocycles. The van der Waals surface area contributed by atoms with Gasteiger partial charge in [-0.05, 0) is 37.7 Å². The standard InChI is InChI=1S/C16H25N7/c1-2-14-10(7-18-22-14)5-11(1)20-15-3-4-17-16(21-15)23-8-12-6-13(9-23)19-12/h3-4,10-14,18-19,22H,1-2,5-9H2,(H,17,20,21). The first-order valence-corrected chi connectivity index (χ1v) is 8.92. The van der Waals surface area contributed by atoms with Gasteiger partial charge in [-0.1, -0.05) is 0 Å². The molecule has 0 radical (unpaired) electrons. The molecule has 1 aromatic heterocycles. The number of aromatic nitrogens is 2. The Morgan fingerprint density at radius 2 is 2.04 bits per heavy atom. The fraction of sp³-hybridized carbons (Fsp3) is 0.750. The third-order valence-electron chi connectivity index (χ3n) is 5.83. The van der Waals surface area contributed by atoms with Crippen molar-refractivity contribution in [3.05, 3.63) is 12.3 Å². The monoisotopic (exact) mass is 315 g/mol. The maximum Gasteiger partial charge on any atom is 0.227 e. The van der Waals surface area contributed by atoms with Crippen LogP contribution in [0.2, 0.25) is 0 Å². The minimum absolute atomic E-state index is 0.525. The molecule has 6 rings (SSSR count). The second kappa shape index (κ2) is 5.58. The van der Waals surface area contributed by atoms with E-state index in [0.29, 0.717) is 24.2 Å². The Labute approximate surface area is 136 Å². The lowest BCUT2D eigenvalue weighted by molar-refractivity contribution is 0.224. The third kappa shape index (κ3) is 2.66. The number of fused-ring (bicyclic) bond motifs is 3. The van der Waals surface area contributed by atoms with E-state index in [1.165, 1.54) is 25.7 Å². The van der Waals surface area contributed by atoms with E-state index >= 15 is 0 Å². The Balaban J connectivity index is 1.25. The SMILES string of the molecule is c1cc(NC2CCC3NNCC3C2)nc(N2CC3CC(C2)N3)n1. The first-order chi connectivity index (χ1) is 11.3. The summed E-state index contributed by atoms with van der Waals surface area (Å²) in [5, 5.41) is 7.20. The van der Waals surface area contributed by atoms with E-state index in [1.807, 2.05) is 12.3 Å². The van der Waals surface area contributed by atoms with E-state index in [9.17, 15) is 0 Å². The number of nitrogens with one attached hydrogen (secondary N) is 4. The van der Waals surface area contributed by atoms with Crippen molar-refractivity contribution >= 4 is 11.8 Å². The van der Waals surface area contributed by atoms with Crippen molar-refractivity contribution in [2.75, 3.05) is 29.9 Å². The number of anilines is 2. The number of nitrogens with zero attached hydrogens (tertiary/aromatic N) is 3. The number of hydrogen-bond acceptors (Lipinski definition) is 7. The van der Waals surface area contributed by atoms with Crippen molar-refractivity contribution in [3.63, 3.8) is 0 Å². The molecule has 7 nitrogen and oxygen atoms in total. The van der Waals surface area contributed by atoms with E-state index in [1.54, 1.807) is 0 Å². The molecule has 2 bridgehead atoms. The molecular formula is C16H25N7. The maximum absolute atomic E-state index is 4.78. The van der Waals surface area contributed by atoms with Crippen LogP contribution in [0, 0.1) is 5.92 Å². The first kappa shape index (κ1) is 13.9. The fourth-order valence-corrected chi connectivity index (χ4v) is 4.60. The highest BCUT2D eigenvalue weighted by atomic mass is 15.4. The molecule has 4 N–H and O–H groups in total. The molecule has 0 spiro atoms. The Hall–Kier alpha value is -1.44. The minimum Gasteiger partial charge on any atom is -0.367 e. The van der Waals surface area contributed by atoms with Crippen molar-refractivity contribution in [2.24, 2.45) is 5.92 Å². The molecule has 1 aromatic rings. The third-order valence-corrected chi connectivity index (χ3v) is 5.83. The van der Waals surface area contributed by atoms with Gasteiger partial charge < -0.3 is 15.5 Å². The smallest absolute Gasteiger partial charge is 0.227 e. The van der Waals surface area contributed by atoms with Crippen molar-refractivity contribution in [2.45, 2.75) is 49.9 Å². The van der Waals surface area contributed by atoms with Gasteiger partial charge in [0.1, 0.15) is 5.82 Å². The van der Waals surface area contributed by atoms with Crippen molar-refractivity contribution in [1.29, 1.82) is 0 Å². The lowest BCUT2D eigenvalue weighted by Crippen LogP contribution is -2.67. The van der Waals surface area contributed by atoms with Crippen LogP contribution in [0.15, 0.2) is 12.3 Å². The van der Waals surface area contributed by atoms with E-state index in [-0.39, 0.29) is 0 Å². The highest BCUT2D eigenvalue weighted by Gasteiger charge is 2.37. The van der Waals surface area contributed by atoms with E-state index in [4.69, 9.17) is 4.98 Å². The Bertz CT molecular complexity index is 563. The number of piperidine rings is 1. The fourth-order valence-electron chi connectivity index (χ4n) is 4.60. The summed E-state index contributed by atoms with van der Waals surface area (Å²) in [6.07, 6.45) is 6.84. The van der Waals surface area contributed by atoms with Crippen LogP contribution in [0.5, 0.6) is 0 Å². The van der Waals surface area contributed by atoms with Gasteiger partial charge in [-0.2, -0.15) is 4.98 Å². The highest BCUT2D eigenvalue weighted by molar-refractivity contribution is 5.43. The highest BCUT2D eigenvalue weighted by Crippen LogP contribution is 2.29. The summed E-state index contributed by atoms with van der Waals surface area (Å²) < 4.78 is 0. The summed E-state index contributed by atoms with van der Waals surface area (Å²) in [7, 11) is 0. The van der Waals surface area contributed by atoms with Crippen LogP contribution in [-0.4, -0.2) is 53.8 Å². The Morgan fingerprint density at radius 1 is 1.17 bits per heavy atom. The first-order valence-electron chi connectivity index (χ1n) is 8.92. The predicted octanol–water partition coefficient (Wildman–Crippen LogP) is 0.0841. The predicted molar refractivity (Wildman–Crippen MR) is 89.3 cm³/mol. The van der Waals surface area contributed by atoms with Crippen molar-refractivity contribution < 1.29 is 0 Å². The molecule has 1 aliphatic carbocycles. The average molecular weight is 315 g/mol. The molecule has 23 heavy (non-hydrogen) atoms. The van der Waals surface area contributed by atoms with E-state index < -0.39 is 0 Å². The number of rotatable bonds is 3. The largest absolute Gasteiger partial charge is 0.367 e. The summed E-state index contributed by atoms with van der Waals surface area (Å²) in [6, 6.07) is 4.45. The van der Waals surface area contributed by atoms with Gasteiger partial charge in [-0.3, -0.25) is 10.9 Å². The van der Waals surface area contributed by atoms with E-state index in [2.05, 4.69) is 31.4 Å². The zero-order valence-corrected chi connectivity index (χ0v) is 13.3. The molecule has 124 valence electrons. The molecule has 5 aliphatic rings. The lowest BCUT2D eigenvalue weighted by atomic mass is 9.83. The van der Waals surface area contributed by atoms with Crippen molar-refractivity contribution in [3.8, 4) is 0 Å². The van der Waals surface area contributed by atoms with Crippen LogP contribution in [0.1, 0.15) is 25.7 Å². The number of piperazine rings is 1. The van der Waals surface area contributed by atoms with Gasteiger partial charge in [0.05, 0.1) is 0 Å².